The van der Waals surface area contributed by atoms with Crippen molar-refractivity contribution < 1.29 is 28.5 Å². The predicted octanol–water partition coefficient (Wildman–Crippen LogP) is 5.49. The van der Waals surface area contributed by atoms with Crippen molar-refractivity contribution in [3.8, 4) is 11.5 Å². The number of fused-ring (bicyclic) bond motifs is 5. The van der Waals surface area contributed by atoms with Crippen LogP contribution < -0.4 is 9.47 Å². The fraction of sp³-hybridized carbons (Fsp3) is 0.679. The van der Waals surface area contributed by atoms with Gasteiger partial charge in [0.05, 0.1) is 6.10 Å². The van der Waals surface area contributed by atoms with E-state index in [-0.39, 0.29) is 24.4 Å². The Kier molecular flexibility index (Phi) is 6.75. The first-order chi connectivity index (χ1) is 16.4. The predicted molar refractivity (Wildman–Crippen MR) is 129 cm³/mol. The quantitative estimate of drug-likeness (QED) is 0.492. The molecule has 3 aliphatic carbocycles. The van der Waals surface area contributed by atoms with Crippen LogP contribution in [0.4, 0.5) is 0 Å². The molecule has 1 aliphatic heterocycles. The third-order valence-corrected chi connectivity index (χ3v) is 8.26. The first-order valence-corrected chi connectivity index (χ1v) is 12.7. The molecule has 4 aliphatic rings. The van der Waals surface area contributed by atoms with Gasteiger partial charge in [0.25, 0.3) is 0 Å². The van der Waals surface area contributed by atoms with Crippen molar-refractivity contribution in [2.24, 2.45) is 17.8 Å². The number of Topliss-reactive ketones (excluding diaryl/α,β-unsaturated/α-hetero) is 1. The zero-order valence-corrected chi connectivity index (χ0v) is 20.9. The summed E-state index contributed by atoms with van der Waals surface area (Å²) < 4.78 is 29.3. The lowest BCUT2D eigenvalue weighted by Gasteiger charge is -2.49. The number of hydrogen-bond donors (Lipinski definition) is 0. The molecular formula is C28H38O6. The van der Waals surface area contributed by atoms with E-state index in [0.29, 0.717) is 43.2 Å². The minimum atomic E-state index is -0.273. The molecule has 0 unspecified atom stereocenters. The standard InChI is InChI=1S/C28H38O6/c1-28(2)24-6-5-22(32-15-30-3)14-23(24)27-25(33-16-31-4)12-20(13-26(27)34-28)19-8-17-7-18(9-19)11-21(29)10-17/h8,12-13,17-18,22-24H,5-7,9-11,14-16H2,1-4H3/t17-,18+,22+,23-,24-/m1/s1. The van der Waals surface area contributed by atoms with Crippen LogP contribution in [0.3, 0.4) is 0 Å². The van der Waals surface area contributed by atoms with Crippen LogP contribution in [0, 0.1) is 17.8 Å². The molecule has 0 amide bonds. The third-order valence-electron chi connectivity index (χ3n) is 8.26. The normalized spacial score (nSPS) is 31.7. The molecule has 6 nitrogen and oxygen atoms in total. The van der Waals surface area contributed by atoms with E-state index in [1.54, 1.807) is 14.2 Å². The van der Waals surface area contributed by atoms with Gasteiger partial charge < -0.3 is 23.7 Å². The van der Waals surface area contributed by atoms with Crippen molar-refractivity contribution in [1.29, 1.82) is 0 Å². The van der Waals surface area contributed by atoms with Crippen LogP contribution in [-0.4, -0.2) is 45.3 Å². The number of allylic oxidation sites excluding steroid dienone is 2. The monoisotopic (exact) mass is 470 g/mol. The van der Waals surface area contributed by atoms with Crippen molar-refractivity contribution in [2.75, 3.05) is 27.8 Å². The maximum atomic E-state index is 12.1. The second kappa shape index (κ2) is 9.63. The molecule has 34 heavy (non-hydrogen) atoms. The summed E-state index contributed by atoms with van der Waals surface area (Å²) in [5.74, 6) is 3.64. The highest BCUT2D eigenvalue weighted by Gasteiger charge is 2.48. The summed E-state index contributed by atoms with van der Waals surface area (Å²) in [5.41, 5.74) is 3.33. The lowest BCUT2D eigenvalue weighted by atomic mass is 9.65. The van der Waals surface area contributed by atoms with Gasteiger partial charge in [0, 0.05) is 44.5 Å². The van der Waals surface area contributed by atoms with Crippen LogP contribution in [0.25, 0.3) is 5.57 Å². The topological polar surface area (TPSA) is 63.2 Å². The van der Waals surface area contributed by atoms with Gasteiger partial charge in [0.2, 0.25) is 0 Å². The minimum Gasteiger partial charge on any atom is -0.487 e. The number of ketones is 1. The van der Waals surface area contributed by atoms with Crippen molar-refractivity contribution in [3.63, 3.8) is 0 Å². The summed E-state index contributed by atoms with van der Waals surface area (Å²) in [5, 5.41) is 0. The number of hydrogen-bond acceptors (Lipinski definition) is 6. The molecule has 186 valence electrons. The Balaban J connectivity index is 1.53. The molecule has 0 N–H and O–H groups in total. The van der Waals surface area contributed by atoms with E-state index in [4.69, 9.17) is 23.7 Å². The second-order valence-electron chi connectivity index (χ2n) is 11.1. The smallest absolute Gasteiger partial charge is 0.188 e. The Morgan fingerprint density at radius 3 is 2.62 bits per heavy atom. The summed E-state index contributed by atoms with van der Waals surface area (Å²) in [6.45, 7) is 4.93. The van der Waals surface area contributed by atoms with Gasteiger partial charge in [-0.25, -0.2) is 0 Å². The number of methoxy groups -OCH3 is 2. The van der Waals surface area contributed by atoms with Crippen LogP contribution >= 0.6 is 0 Å². The number of rotatable bonds is 7. The summed E-state index contributed by atoms with van der Waals surface area (Å²) in [6, 6.07) is 4.38. The van der Waals surface area contributed by atoms with E-state index in [1.165, 1.54) is 5.57 Å². The van der Waals surface area contributed by atoms with Crippen molar-refractivity contribution in [1.82, 2.24) is 0 Å². The molecule has 0 spiro atoms. The van der Waals surface area contributed by atoms with Crippen molar-refractivity contribution >= 4 is 11.4 Å². The van der Waals surface area contributed by atoms with Crippen LogP contribution in [0.2, 0.25) is 0 Å². The highest BCUT2D eigenvalue weighted by Crippen LogP contribution is 2.56. The molecule has 0 radical (unpaired) electrons. The molecule has 0 aromatic heterocycles. The maximum Gasteiger partial charge on any atom is 0.188 e. The zero-order chi connectivity index (χ0) is 23.9. The Labute approximate surface area is 202 Å². The van der Waals surface area contributed by atoms with Gasteiger partial charge in [-0.2, -0.15) is 0 Å². The summed E-state index contributed by atoms with van der Waals surface area (Å²) >= 11 is 0. The lowest BCUT2D eigenvalue weighted by Crippen LogP contribution is -2.48. The largest absolute Gasteiger partial charge is 0.487 e. The van der Waals surface area contributed by atoms with Crippen LogP contribution in [0.5, 0.6) is 11.5 Å². The molecule has 5 rings (SSSR count). The Bertz CT molecular complexity index is 950. The van der Waals surface area contributed by atoms with Crippen LogP contribution in [0.1, 0.15) is 75.8 Å². The van der Waals surface area contributed by atoms with Gasteiger partial charge in [0.1, 0.15) is 29.7 Å². The average molecular weight is 471 g/mol. The van der Waals surface area contributed by atoms with E-state index in [9.17, 15) is 4.79 Å². The maximum absolute atomic E-state index is 12.1. The van der Waals surface area contributed by atoms with E-state index in [0.717, 1.165) is 54.7 Å². The summed E-state index contributed by atoms with van der Waals surface area (Å²) in [6.07, 6.45) is 8.91. The van der Waals surface area contributed by atoms with E-state index in [2.05, 4.69) is 32.1 Å². The van der Waals surface area contributed by atoms with Gasteiger partial charge in [0.15, 0.2) is 6.79 Å². The third kappa shape index (κ3) is 4.65. The lowest BCUT2D eigenvalue weighted by molar-refractivity contribution is -0.122. The molecule has 2 fully saturated rings. The first kappa shape index (κ1) is 23.8. The van der Waals surface area contributed by atoms with Gasteiger partial charge in [-0.15, -0.1) is 0 Å². The van der Waals surface area contributed by atoms with E-state index in [1.807, 2.05) is 0 Å². The fourth-order valence-electron chi connectivity index (χ4n) is 6.89. The minimum absolute atomic E-state index is 0.163. The summed E-state index contributed by atoms with van der Waals surface area (Å²) in [4.78, 5) is 12.1. The summed E-state index contributed by atoms with van der Waals surface area (Å²) in [7, 11) is 3.32. The number of carbonyl (C=O) groups excluding carboxylic acids is 1. The Morgan fingerprint density at radius 1 is 1.03 bits per heavy atom. The van der Waals surface area contributed by atoms with E-state index < -0.39 is 0 Å². The first-order valence-electron chi connectivity index (χ1n) is 12.7. The average Bonchev–Trinajstić information content (AvgIpc) is 2.79. The van der Waals surface area contributed by atoms with Crippen LogP contribution in [0.15, 0.2) is 18.2 Å². The van der Waals surface area contributed by atoms with Gasteiger partial charge in [-0.1, -0.05) is 6.08 Å². The van der Waals surface area contributed by atoms with Gasteiger partial charge in [-0.3, -0.25) is 4.79 Å². The SMILES string of the molecule is COCOc1cc(C2=C[C@@H]3CC(=O)C[C@H](C2)C3)cc2c1[C@@H]1C[C@@H](OCOC)CC[C@H]1C(C)(C)O2. The van der Waals surface area contributed by atoms with Gasteiger partial charge >= 0.3 is 0 Å². The van der Waals surface area contributed by atoms with Gasteiger partial charge in [-0.05, 0) is 81.1 Å². The molecule has 2 saturated carbocycles. The molecule has 1 aromatic rings. The van der Waals surface area contributed by atoms with E-state index >= 15 is 0 Å². The van der Waals surface area contributed by atoms with Crippen LogP contribution in [-0.2, 0) is 19.0 Å². The van der Waals surface area contributed by atoms with Crippen molar-refractivity contribution in [3.05, 3.63) is 29.3 Å². The number of benzene rings is 1. The molecule has 0 saturated heterocycles. The van der Waals surface area contributed by atoms with Crippen molar-refractivity contribution in [2.45, 2.75) is 76.4 Å². The highest BCUT2D eigenvalue weighted by atomic mass is 16.7. The fourth-order valence-corrected chi connectivity index (χ4v) is 6.89. The number of carbonyl (C=O) groups is 1. The second-order valence-corrected chi connectivity index (χ2v) is 11.1. The highest BCUT2D eigenvalue weighted by molar-refractivity contribution is 5.82. The molecule has 2 bridgehead atoms. The number of ether oxygens (including phenoxy) is 5. The molecule has 1 heterocycles. The molecular weight excluding hydrogens is 432 g/mol. The molecule has 1 aromatic carbocycles. The molecule has 5 atom stereocenters. The molecule has 6 heteroatoms. The zero-order valence-electron chi connectivity index (χ0n) is 20.9. The Morgan fingerprint density at radius 2 is 1.85 bits per heavy atom. The Hall–Kier alpha value is -1.89.